The molecule has 1 heterocycles. The van der Waals surface area contributed by atoms with E-state index in [1.54, 1.807) is 30.6 Å². The van der Waals surface area contributed by atoms with Crippen LogP contribution in [0.15, 0.2) is 79.1 Å². The minimum Gasteiger partial charge on any atom is -0.461 e. The molecule has 2 N–H and O–H groups in total. The quantitative estimate of drug-likeness (QED) is 0.330. The van der Waals surface area contributed by atoms with Gasteiger partial charge in [0.2, 0.25) is 0 Å². The number of aliphatic hydroxyl groups is 1. The van der Waals surface area contributed by atoms with Crippen LogP contribution in [0.1, 0.15) is 22.0 Å². The number of aromatic nitrogens is 1. The van der Waals surface area contributed by atoms with E-state index in [1.165, 1.54) is 0 Å². The van der Waals surface area contributed by atoms with Crippen molar-refractivity contribution < 1.29 is 44.2 Å². The summed E-state index contributed by atoms with van der Waals surface area (Å²) in [6.45, 7) is 1.07. The van der Waals surface area contributed by atoms with Gasteiger partial charge in [0.1, 0.15) is 6.61 Å². The molecule has 0 saturated carbocycles. The van der Waals surface area contributed by atoms with Gasteiger partial charge in [-0.2, -0.15) is 0 Å². The first-order chi connectivity index (χ1) is 13.2. The zero-order chi connectivity index (χ0) is 18.9. The zero-order valence-corrected chi connectivity index (χ0v) is 17.9. The van der Waals surface area contributed by atoms with E-state index in [4.69, 9.17) is 4.74 Å². The Bertz CT molecular complexity index is 843. The van der Waals surface area contributed by atoms with Gasteiger partial charge in [-0.25, -0.2) is 4.79 Å². The molecule has 0 aliphatic rings. The number of rotatable bonds is 8. The van der Waals surface area contributed by atoms with Crippen LogP contribution in [0.5, 0.6) is 0 Å². The van der Waals surface area contributed by atoms with E-state index in [0.717, 1.165) is 16.7 Å². The minimum atomic E-state index is -0.639. The maximum atomic E-state index is 12.1. The predicted molar refractivity (Wildman–Crippen MR) is 104 cm³/mol. The van der Waals surface area contributed by atoms with Crippen molar-refractivity contribution in [1.29, 1.82) is 0 Å². The Kier molecular flexibility index (Phi) is 9.34. The summed E-state index contributed by atoms with van der Waals surface area (Å²) >= 11 is 0. The van der Waals surface area contributed by atoms with E-state index in [9.17, 15) is 9.90 Å². The molecule has 0 amide bonds. The standard InChI is InChI=1S/C22H22N2O3.Na/c25-21(20-7-4-12-23-15-20)16-24-13-14-27-22(26)19-10-8-18(9-11-19)17-5-2-1-3-6-17;/h1-12,15,21,24-25H,13-14,16H2;/q;+1. The van der Waals surface area contributed by atoms with Crippen LogP contribution in [-0.4, -0.2) is 35.8 Å². The number of pyridine rings is 1. The van der Waals surface area contributed by atoms with E-state index in [0.29, 0.717) is 18.7 Å². The number of nitrogens with one attached hydrogen (secondary N) is 1. The average molecular weight is 385 g/mol. The molecule has 0 bridgehead atoms. The molecule has 6 heteroatoms. The van der Waals surface area contributed by atoms with E-state index < -0.39 is 6.10 Å². The van der Waals surface area contributed by atoms with Crippen LogP contribution in [-0.2, 0) is 4.74 Å². The first-order valence-corrected chi connectivity index (χ1v) is 8.85. The van der Waals surface area contributed by atoms with Crippen molar-refractivity contribution in [2.24, 2.45) is 0 Å². The zero-order valence-electron chi connectivity index (χ0n) is 15.9. The van der Waals surface area contributed by atoms with Crippen molar-refractivity contribution in [2.75, 3.05) is 19.7 Å². The second kappa shape index (κ2) is 11.7. The van der Waals surface area contributed by atoms with Gasteiger partial charge in [0.05, 0.1) is 11.7 Å². The first-order valence-electron chi connectivity index (χ1n) is 8.85. The Hall–Kier alpha value is -2.02. The normalized spacial score (nSPS) is 11.3. The summed E-state index contributed by atoms with van der Waals surface area (Å²) in [7, 11) is 0. The molecule has 0 aliphatic heterocycles. The molecule has 1 aromatic heterocycles. The third-order valence-corrected chi connectivity index (χ3v) is 4.15. The number of carbonyl (C=O) groups is 1. The molecule has 3 rings (SSSR count). The summed E-state index contributed by atoms with van der Waals surface area (Å²) in [6.07, 6.45) is 2.65. The van der Waals surface area contributed by atoms with Crippen molar-refractivity contribution >= 4 is 5.97 Å². The number of benzene rings is 2. The Balaban J connectivity index is 0.00000280. The Labute approximate surface area is 187 Å². The molecule has 0 aliphatic carbocycles. The maximum Gasteiger partial charge on any atom is 1.00 e. The van der Waals surface area contributed by atoms with Crippen molar-refractivity contribution in [3.05, 3.63) is 90.3 Å². The first kappa shape index (κ1) is 22.3. The number of carbonyl (C=O) groups excluding carboxylic acids is 1. The fraction of sp³-hybridized carbons (Fsp3) is 0.182. The van der Waals surface area contributed by atoms with Gasteiger partial charge in [0.25, 0.3) is 0 Å². The summed E-state index contributed by atoms with van der Waals surface area (Å²) in [5.74, 6) is -0.357. The van der Waals surface area contributed by atoms with Crippen LogP contribution in [0.25, 0.3) is 11.1 Å². The smallest absolute Gasteiger partial charge is 0.461 e. The Morgan fingerprint density at radius 1 is 1.00 bits per heavy atom. The SMILES string of the molecule is O=C(OCCNCC(O)c1cccnc1)c1ccc(-c2ccccc2)cc1.[Na+]. The maximum absolute atomic E-state index is 12.1. The molecule has 5 nitrogen and oxygen atoms in total. The molecule has 0 fully saturated rings. The van der Waals surface area contributed by atoms with Gasteiger partial charge in [-0.15, -0.1) is 0 Å². The van der Waals surface area contributed by atoms with Gasteiger partial charge >= 0.3 is 35.5 Å². The van der Waals surface area contributed by atoms with E-state index >= 15 is 0 Å². The van der Waals surface area contributed by atoms with Gasteiger partial charge in [-0.3, -0.25) is 4.98 Å². The van der Waals surface area contributed by atoms with Crippen molar-refractivity contribution in [3.63, 3.8) is 0 Å². The summed E-state index contributed by atoms with van der Waals surface area (Å²) in [5, 5.41) is 13.1. The fourth-order valence-corrected chi connectivity index (χ4v) is 2.66. The molecule has 0 spiro atoms. The molecule has 138 valence electrons. The molecule has 0 radical (unpaired) electrons. The minimum absolute atomic E-state index is 0. The number of hydrogen-bond acceptors (Lipinski definition) is 5. The number of nitrogens with zero attached hydrogens (tertiary/aromatic N) is 1. The number of esters is 1. The Morgan fingerprint density at radius 2 is 1.71 bits per heavy atom. The third-order valence-electron chi connectivity index (χ3n) is 4.15. The van der Waals surface area contributed by atoms with Gasteiger partial charge in [0.15, 0.2) is 0 Å². The van der Waals surface area contributed by atoms with Crippen LogP contribution in [0.3, 0.4) is 0 Å². The van der Waals surface area contributed by atoms with E-state index in [2.05, 4.69) is 10.3 Å². The van der Waals surface area contributed by atoms with Crippen LogP contribution in [0.2, 0.25) is 0 Å². The number of ether oxygens (including phenoxy) is 1. The summed E-state index contributed by atoms with van der Waals surface area (Å²) in [5.41, 5.74) is 3.43. The third kappa shape index (κ3) is 6.55. The summed E-state index contributed by atoms with van der Waals surface area (Å²) in [6, 6.07) is 20.9. The van der Waals surface area contributed by atoms with E-state index in [-0.39, 0.29) is 42.1 Å². The molecule has 3 aromatic rings. The van der Waals surface area contributed by atoms with Gasteiger partial charge < -0.3 is 15.2 Å². The predicted octanol–water partition coefficient (Wildman–Crippen LogP) is 0.233. The monoisotopic (exact) mass is 385 g/mol. The molecule has 2 aromatic carbocycles. The second-order valence-corrected chi connectivity index (χ2v) is 6.09. The van der Waals surface area contributed by atoms with Crippen molar-refractivity contribution in [2.45, 2.75) is 6.10 Å². The average Bonchev–Trinajstić information content (AvgIpc) is 2.74. The summed E-state index contributed by atoms with van der Waals surface area (Å²) in [4.78, 5) is 16.1. The van der Waals surface area contributed by atoms with Crippen molar-refractivity contribution in [3.8, 4) is 11.1 Å². The fourth-order valence-electron chi connectivity index (χ4n) is 2.66. The molecular weight excluding hydrogens is 363 g/mol. The second-order valence-electron chi connectivity index (χ2n) is 6.09. The number of aliphatic hydroxyl groups excluding tert-OH is 1. The topological polar surface area (TPSA) is 71.5 Å². The molecule has 0 saturated heterocycles. The van der Waals surface area contributed by atoms with Crippen LogP contribution in [0, 0.1) is 0 Å². The number of hydrogen-bond donors (Lipinski definition) is 2. The Morgan fingerprint density at radius 3 is 2.39 bits per heavy atom. The molecule has 1 atom stereocenters. The van der Waals surface area contributed by atoms with Crippen molar-refractivity contribution in [1.82, 2.24) is 10.3 Å². The van der Waals surface area contributed by atoms with Crippen LogP contribution in [0.4, 0.5) is 0 Å². The van der Waals surface area contributed by atoms with Gasteiger partial charge in [0, 0.05) is 31.0 Å². The molecule has 1 unspecified atom stereocenters. The van der Waals surface area contributed by atoms with Crippen LogP contribution < -0.4 is 34.9 Å². The van der Waals surface area contributed by atoms with E-state index in [1.807, 2.05) is 48.5 Å². The van der Waals surface area contributed by atoms with Gasteiger partial charge in [-0.05, 0) is 29.3 Å². The largest absolute Gasteiger partial charge is 1.00 e. The van der Waals surface area contributed by atoms with Crippen LogP contribution >= 0.6 is 0 Å². The molecule has 28 heavy (non-hydrogen) atoms. The van der Waals surface area contributed by atoms with Gasteiger partial charge in [-0.1, -0.05) is 48.5 Å². The summed E-state index contributed by atoms with van der Waals surface area (Å²) < 4.78 is 5.27. The molecular formula is C22H22N2NaO3+.